The molecule has 2 N–H and O–H groups in total. The zero-order chi connectivity index (χ0) is 20.3. The van der Waals surface area contributed by atoms with Gasteiger partial charge in [0, 0.05) is 30.3 Å². The second-order valence-corrected chi connectivity index (χ2v) is 8.61. The number of anilines is 1. The lowest BCUT2D eigenvalue weighted by atomic mass is 10.1. The normalized spacial score (nSPS) is 16.8. The van der Waals surface area contributed by atoms with Gasteiger partial charge in [0.05, 0.1) is 22.2 Å². The van der Waals surface area contributed by atoms with Crippen molar-refractivity contribution >= 4 is 32.5 Å². The van der Waals surface area contributed by atoms with E-state index < -0.39 is 10.0 Å². The second-order valence-electron chi connectivity index (χ2n) is 6.84. The lowest BCUT2D eigenvalue weighted by Gasteiger charge is -2.12. The number of rotatable bonds is 6. The molecule has 2 aromatic carbocycles. The lowest BCUT2D eigenvalue weighted by Crippen LogP contribution is -2.31. The number of fused-ring (bicyclic) bond motifs is 1. The van der Waals surface area contributed by atoms with Gasteiger partial charge in [-0.05, 0) is 61.4 Å². The Labute approximate surface area is 169 Å². The molecule has 0 aliphatic carbocycles. The predicted octanol–water partition coefficient (Wildman–Crippen LogP) is 2.94. The summed E-state index contributed by atoms with van der Waals surface area (Å²) in [4.78, 5) is 17.0. The molecule has 8 heteroatoms. The van der Waals surface area contributed by atoms with E-state index in [1.165, 1.54) is 24.3 Å². The molecular weight excluding hydrogens is 390 g/mol. The summed E-state index contributed by atoms with van der Waals surface area (Å²) in [5.74, 6) is -0.322. The molecule has 1 atom stereocenters. The van der Waals surface area contributed by atoms with Crippen molar-refractivity contribution in [3.63, 3.8) is 0 Å². The largest absolute Gasteiger partial charge is 0.377 e. The molecule has 7 nitrogen and oxygen atoms in total. The Morgan fingerprint density at radius 3 is 2.69 bits per heavy atom. The monoisotopic (exact) mass is 411 g/mol. The maximum Gasteiger partial charge on any atom is 0.255 e. The van der Waals surface area contributed by atoms with Gasteiger partial charge < -0.3 is 10.1 Å². The highest BCUT2D eigenvalue weighted by Gasteiger charge is 2.20. The molecule has 0 saturated carbocycles. The molecule has 0 spiro atoms. The smallest absolute Gasteiger partial charge is 0.255 e. The molecule has 1 aromatic heterocycles. The molecule has 0 bridgehead atoms. The van der Waals surface area contributed by atoms with Gasteiger partial charge in [-0.3, -0.25) is 9.78 Å². The van der Waals surface area contributed by atoms with Gasteiger partial charge in [-0.15, -0.1) is 0 Å². The number of amides is 1. The first-order chi connectivity index (χ1) is 14.0. The summed E-state index contributed by atoms with van der Waals surface area (Å²) in [6.45, 7) is 0.919. The Morgan fingerprint density at radius 1 is 1.10 bits per heavy atom. The van der Waals surface area contributed by atoms with Gasteiger partial charge in [0.2, 0.25) is 10.0 Å². The van der Waals surface area contributed by atoms with Gasteiger partial charge >= 0.3 is 0 Å². The van der Waals surface area contributed by atoms with Crippen molar-refractivity contribution in [1.29, 1.82) is 0 Å². The quantitative estimate of drug-likeness (QED) is 0.650. The number of nitrogens with one attached hydrogen (secondary N) is 2. The van der Waals surface area contributed by atoms with Crippen LogP contribution < -0.4 is 10.0 Å². The van der Waals surface area contributed by atoms with Crippen molar-refractivity contribution in [2.24, 2.45) is 0 Å². The van der Waals surface area contributed by atoms with Crippen molar-refractivity contribution in [3.8, 4) is 0 Å². The highest BCUT2D eigenvalue weighted by atomic mass is 32.2. The summed E-state index contributed by atoms with van der Waals surface area (Å²) in [5.41, 5.74) is 1.79. The standard InChI is InChI=1S/C21H21N3O4S/c25-21(24-20-7-1-6-19-18(20)5-2-12-22-19)15-8-10-17(11-9-15)29(26,27)23-14-16-4-3-13-28-16/h1-2,5-12,16,23H,3-4,13-14H2,(H,24,25)/t16-/m1/s1. The zero-order valence-electron chi connectivity index (χ0n) is 15.7. The van der Waals surface area contributed by atoms with Gasteiger partial charge in [-0.1, -0.05) is 6.07 Å². The number of ether oxygens (including phenoxy) is 1. The van der Waals surface area contributed by atoms with Crippen molar-refractivity contribution < 1.29 is 17.9 Å². The van der Waals surface area contributed by atoms with Crippen molar-refractivity contribution in [1.82, 2.24) is 9.71 Å². The highest BCUT2D eigenvalue weighted by molar-refractivity contribution is 7.89. The van der Waals surface area contributed by atoms with Crippen LogP contribution in [-0.4, -0.2) is 38.6 Å². The number of hydrogen-bond acceptors (Lipinski definition) is 5. The molecule has 29 heavy (non-hydrogen) atoms. The number of sulfonamides is 1. The van der Waals surface area contributed by atoms with E-state index in [0.717, 1.165) is 23.7 Å². The topological polar surface area (TPSA) is 97.4 Å². The van der Waals surface area contributed by atoms with E-state index in [1.807, 2.05) is 18.2 Å². The molecule has 1 saturated heterocycles. The molecule has 0 unspecified atom stereocenters. The molecule has 1 aliphatic rings. The first-order valence-electron chi connectivity index (χ1n) is 9.39. The lowest BCUT2D eigenvalue weighted by molar-refractivity contribution is 0.102. The fourth-order valence-corrected chi connectivity index (χ4v) is 4.35. The molecule has 1 aliphatic heterocycles. The maximum atomic E-state index is 12.6. The minimum atomic E-state index is -3.65. The predicted molar refractivity (Wildman–Crippen MR) is 110 cm³/mol. The zero-order valence-corrected chi connectivity index (χ0v) is 16.5. The minimum Gasteiger partial charge on any atom is -0.377 e. The molecule has 1 fully saturated rings. The summed E-state index contributed by atoms with van der Waals surface area (Å²) in [6, 6.07) is 15.0. The molecule has 2 heterocycles. The Hall–Kier alpha value is -2.81. The third-order valence-corrected chi connectivity index (χ3v) is 6.29. The van der Waals surface area contributed by atoms with E-state index in [4.69, 9.17) is 4.74 Å². The molecular formula is C21H21N3O4S. The van der Waals surface area contributed by atoms with Crippen LogP contribution in [0.25, 0.3) is 10.9 Å². The van der Waals surface area contributed by atoms with Crippen LogP contribution in [0.2, 0.25) is 0 Å². The van der Waals surface area contributed by atoms with E-state index in [2.05, 4.69) is 15.0 Å². The summed E-state index contributed by atoms with van der Waals surface area (Å²) < 4.78 is 32.9. The van der Waals surface area contributed by atoms with E-state index in [-0.39, 0.29) is 23.5 Å². The number of carbonyl (C=O) groups excluding carboxylic acids is 1. The van der Waals surface area contributed by atoms with Crippen LogP contribution in [0.1, 0.15) is 23.2 Å². The Morgan fingerprint density at radius 2 is 1.93 bits per heavy atom. The number of hydrogen-bond donors (Lipinski definition) is 2. The van der Waals surface area contributed by atoms with E-state index >= 15 is 0 Å². The van der Waals surface area contributed by atoms with Crippen molar-refractivity contribution in [3.05, 3.63) is 66.4 Å². The summed E-state index contributed by atoms with van der Waals surface area (Å²) in [5, 5.41) is 3.70. The van der Waals surface area contributed by atoms with Crippen LogP contribution in [-0.2, 0) is 14.8 Å². The molecule has 3 aromatic rings. The fraction of sp³-hybridized carbons (Fsp3) is 0.238. The average molecular weight is 411 g/mol. The summed E-state index contributed by atoms with van der Waals surface area (Å²) in [6.07, 6.45) is 3.42. The number of aromatic nitrogens is 1. The summed E-state index contributed by atoms with van der Waals surface area (Å²) >= 11 is 0. The van der Waals surface area contributed by atoms with Gasteiger partial charge in [0.15, 0.2) is 0 Å². The van der Waals surface area contributed by atoms with Crippen molar-refractivity contribution in [2.75, 3.05) is 18.5 Å². The first-order valence-corrected chi connectivity index (χ1v) is 10.9. The maximum absolute atomic E-state index is 12.6. The van der Waals surface area contributed by atoms with Crippen LogP contribution in [0.15, 0.2) is 65.7 Å². The minimum absolute atomic E-state index is 0.0787. The second kappa shape index (κ2) is 8.28. The SMILES string of the molecule is O=C(Nc1cccc2ncccc12)c1ccc(S(=O)(=O)NC[C@H]2CCCO2)cc1. The van der Waals surface area contributed by atoms with Crippen LogP contribution in [0.4, 0.5) is 5.69 Å². The third-order valence-electron chi connectivity index (χ3n) is 4.85. The highest BCUT2D eigenvalue weighted by Crippen LogP contribution is 2.22. The Bertz CT molecular complexity index is 1120. The average Bonchev–Trinajstić information content (AvgIpc) is 3.26. The molecule has 1 amide bonds. The number of nitrogens with zero attached hydrogens (tertiary/aromatic N) is 1. The fourth-order valence-electron chi connectivity index (χ4n) is 3.28. The van der Waals surface area contributed by atoms with Crippen LogP contribution >= 0.6 is 0 Å². The molecule has 150 valence electrons. The Kier molecular flexibility index (Phi) is 5.57. The number of pyridine rings is 1. The van der Waals surface area contributed by atoms with Crippen LogP contribution in [0.5, 0.6) is 0 Å². The molecule has 4 rings (SSSR count). The van der Waals surface area contributed by atoms with Gasteiger partial charge in [0.1, 0.15) is 0 Å². The van der Waals surface area contributed by atoms with Gasteiger partial charge in [-0.2, -0.15) is 0 Å². The number of benzene rings is 2. The van der Waals surface area contributed by atoms with Crippen LogP contribution in [0.3, 0.4) is 0 Å². The first kappa shape index (κ1) is 19.5. The van der Waals surface area contributed by atoms with Gasteiger partial charge in [0.25, 0.3) is 5.91 Å². The van der Waals surface area contributed by atoms with Gasteiger partial charge in [-0.25, -0.2) is 13.1 Å². The third kappa shape index (κ3) is 4.45. The summed E-state index contributed by atoms with van der Waals surface area (Å²) in [7, 11) is -3.65. The van der Waals surface area contributed by atoms with E-state index in [1.54, 1.807) is 18.3 Å². The van der Waals surface area contributed by atoms with E-state index in [0.29, 0.717) is 17.9 Å². The number of carbonyl (C=O) groups is 1. The van der Waals surface area contributed by atoms with E-state index in [9.17, 15) is 13.2 Å². The van der Waals surface area contributed by atoms with Crippen molar-refractivity contribution in [2.45, 2.75) is 23.8 Å². The molecule has 0 radical (unpaired) electrons. The Balaban J connectivity index is 1.46. The van der Waals surface area contributed by atoms with Crippen LogP contribution in [0, 0.1) is 0 Å².